The normalized spacial score (nSPS) is 10.7. The first-order valence-electron chi connectivity index (χ1n) is 5.13. The van der Waals surface area contributed by atoms with Crippen LogP contribution in [-0.4, -0.2) is 8.78 Å². The van der Waals surface area contributed by atoms with Gasteiger partial charge in [0.1, 0.15) is 0 Å². The molecule has 0 radical (unpaired) electrons. The molecule has 0 spiro atoms. The van der Waals surface area contributed by atoms with Crippen LogP contribution >= 0.6 is 0 Å². The van der Waals surface area contributed by atoms with Gasteiger partial charge in [0.05, 0.1) is 0 Å². The van der Waals surface area contributed by atoms with Crippen LogP contribution in [0.1, 0.15) is 40.5 Å². The summed E-state index contributed by atoms with van der Waals surface area (Å²) in [5.41, 5.74) is 0. The van der Waals surface area contributed by atoms with Gasteiger partial charge in [0, 0.05) is 0 Å². The minimum absolute atomic E-state index is 0.897. The van der Waals surface area contributed by atoms with Gasteiger partial charge in [-0.1, -0.05) is 0 Å². The molecule has 0 aliphatic carbocycles. The van der Waals surface area contributed by atoms with E-state index in [1.54, 1.807) is 0 Å². The van der Waals surface area contributed by atoms with Crippen molar-refractivity contribution in [2.45, 2.75) is 52.8 Å². The summed E-state index contributed by atoms with van der Waals surface area (Å²) in [6, 6.07) is 0. The molecule has 64 valence electrons. The SMILES string of the molecule is CC(C)C[CH2][Be][CH2]CC(C)C. The molecule has 0 aromatic carbocycles. The van der Waals surface area contributed by atoms with Gasteiger partial charge in [-0.05, 0) is 0 Å². The summed E-state index contributed by atoms with van der Waals surface area (Å²) in [6.07, 6.45) is 5.70. The standard InChI is InChI=1S/2C5H11.Be/c2*1-4-5(2)3;/h2*5H,1,4H2,2-3H3;. The molecule has 0 nitrogen and oxygen atoms in total. The van der Waals surface area contributed by atoms with Gasteiger partial charge in [-0.15, -0.1) is 0 Å². The molecule has 0 aliphatic heterocycles. The van der Waals surface area contributed by atoms with Crippen LogP contribution in [0.25, 0.3) is 0 Å². The summed E-state index contributed by atoms with van der Waals surface area (Å²) in [4.78, 5) is 0. The van der Waals surface area contributed by atoms with E-state index in [2.05, 4.69) is 27.7 Å². The van der Waals surface area contributed by atoms with Crippen LogP contribution in [-0.2, 0) is 0 Å². The molecule has 11 heavy (non-hydrogen) atoms. The van der Waals surface area contributed by atoms with E-state index in [-0.39, 0.29) is 0 Å². The third-order valence-corrected chi connectivity index (χ3v) is 2.06. The zero-order chi connectivity index (χ0) is 8.69. The summed E-state index contributed by atoms with van der Waals surface area (Å²) in [5.74, 6) is 1.79. The molecule has 0 amide bonds. The van der Waals surface area contributed by atoms with Crippen molar-refractivity contribution < 1.29 is 0 Å². The van der Waals surface area contributed by atoms with Crippen molar-refractivity contribution in [3.63, 3.8) is 0 Å². The average Bonchev–Trinajstić information content (AvgIpc) is 1.85. The van der Waals surface area contributed by atoms with Crippen LogP contribution in [0.3, 0.4) is 0 Å². The maximum absolute atomic E-state index is 2.31. The van der Waals surface area contributed by atoms with Gasteiger partial charge in [-0.2, -0.15) is 0 Å². The molecule has 1 heteroatoms. The average molecular weight is 151 g/mol. The Morgan fingerprint density at radius 2 is 1.18 bits per heavy atom. The Morgan fingerprint density at radius 3 is 1.45 bits per heavy atom. The van der Waals surface area contributed by atoms with Crippen LogP contribution in [0, 0.1) is 11.8 Å². The first kappa shape index (κ1) is 11.2. The van der Waals surface area contributed by atoms with Crippen molar-refractivity contribution in [1.29, 1.82) is 0 Å². The molecule has 0 N–H and O–H groups in total. The monoisotopic (exact) mass is 151 g/mol. The molecule has 0 saturated heterocycles. The molecule has 0 saturated carbocycles. The van der Waals surface area contributed by atoms with Crippen LogP contribution in [0.2, 0.25) is 12.3 Å². The minimum atomic E-state index is 0.897. The van der Waals surface area contributed by atoms with Crippen molar-refractivity contribution in [3.05, 3.63) is 0 Å². The molecule has 0 aromatic heterocycles. The second kappa shape index (κ2) is 6.85. The van der Waals surface area contributed by atoms with Crippen LogP contribution in [0.15, 0.2) is 0 Å². The van der Waals surface area contributed by atoms with Gasteiger partial charge < -0.3 is 0 Å². The molecule has 0 aliphatic rings. The summed E-state index contributed by atoms with van der Waals surface area (Å²) in [5, 5.41) is 0. The zero-order valence-corrected chi connectivity index (χ0v) is 8.69. The molecule has 0 unspecified atom stereocenters. The van der Waals surface area contributed by atoms with E-state index >= 15 is 0 Å². The number of hydrogen-bond acceptors (Lipinski definition) is 0. The molecule has 0 atom stereocenters. The van der Waals surface area contributed by atoms with Crippen molar-refractivity contribution >= 4 is 8.78 Å². The second-order valence-electron chi connectivity index (χ2n) is 4.43. The Morgan fingerprint density at radius 1 is 0.818 bits per heavy atom. The first-order valence-corrected chi connectivity index (χ1v) is 5.13. The van der Waals surface area contributed by atoms with Crippen molar-refractivity contribution in [2.75, 3.05) is 0 Å². The van der Waals surface area contributed by atoms with Gasteiger partial charge in [-0.3, -0.25) is 0 Å². The van der Waals surface area contributed by atoms with E-state index in [4.69, 9.17) is 0 Å². The molecule has 0 aromatic rings. The number of hydrogen-bond donors (Lipinski definition) is 0. The van der Waals surface area contributed by atoms with Crippen LogP contribution < -0.4 is 0 Å². The Kier molecular flexibility index (Phi) is 6.96. The maximum atomic E-state index is 2.31. The van der Waals surface area contributed by atoms with Gasteiger partial charge in [0.2, 0.25) is 0 Å². The molecule has 0 heterocycles. The molecular weight excluding hydrogens is 129 g/mol. The van der Waals surface area contributed by atoms with Crippen molar-refractivity contribution in [2.24, 2.45) is 11.8 Å². The van der Waals surface area contributed by atoms with E-state index in [0.717, 1.165) is 11.8 Å². The first-order chi connectivity index (χ1) is 5.13. The fraction of sp³-hybridized carbons (Fsp3) is 1.00. The molecular formula is C10H22Be. The Labute approximate surface area is 74.1 Å². The Hall–Kier alpha value is 0.169. The van der Waals surface area contributed by atoms with Gasteiger partial charge >= 0.3 is 73.4 Å². The fourth-order valence-corrected chi connectivity index (χ4v) is 1.28. The summed E-state index contributed by atoms with van der Waals surface area (Å²) >= 11 is 0. The van der Waals surface area contributed by atoms with Crippen molar-refractivity contribution in [1.82, 2.24) is 0 Å². The van der Waals surface area contributed by atoms with Crippen LogP contribution in [0.4, 0.5) is 0 Å². The van der Waals surface area contributed by atoms with Gasteiger partial charge in [0.15, 0.2) is 0 Å². The summed E-state index contributed by atoms with van der Waals surface area (Å²) in [6.45, 7) is 9.23. The molecule has 0 bridgehead atoms. The molecule has 0 fully saturated rings. The van der Waals surface area contributed by atoms with E-state index in [0.29, 0.717) is 0 Å². The molecule has 0 rings (SSSR count). The van der Waals surface area contributed by atoms with Gasteiger partial charge in [-0.25, -0.2) is 0 Å². The fourth-order valence-electron chi connectivity index (χ4n) is 1.28. The quantitative estimate of drug-likeness (QED) is 0.402. The predicted octanol–water partition coefficient (Wildman–Crippen LogP) is 3.62. The van der Waals surface area contributed by atoms with Gasteiger partial charge in [0.25, 0.3) is 0 Å². The van der Waals surface area contributed by atoms with E-state index in [9.17, 15) is 0 Å². The topological polar surface area (TPSA) is 0 Å². The summed E-state index contributed by atoms with van der Waals surface area (Å²) in [7, 11) is 1.44. The summed E-state index contributed by atoms with van der Waals surface area (Å²) < 4.78 is 0. The Bertz CT molecular complexity index is 66.9. The predicted molar refractivity (Wildman–Crippen MR) is 54.3 cm³/mol. The number of rotatable bonds is 6. The third-order valence-electron chi connectivity index (χ3n) is 2.06. The third kappa shape index (κ3) is 10.2. The van der Waals surface area contributed by atoms with Crippen molar-refractivity contribution in [3.8, 4) is 0 Å². The van der Waals surface area contributed by atoms with E-state index in [1.165, 1.54) is 33.9 Å². The zero-order valence-electron chi connectivity index (χ0n) is 8.69. The van der Waals surface area contributed by atoms with Crippen LogP contribution in [0.5, 0.6) is 0 Å². The second-order valence-corrected chi connectivity index (χ2v) is 4.43. The van der Waals surface area contributed by atoms with E-state index < -0.39 is 0 Å². The Balaban J connectivity index is 2.91. The van der Waals surface area contributed by atoms with E-state index in [1.807, 2.05) is 0 Å².